The van der Waals surface area contributed by atoms with Crippen LogP contribution in [0.4, 0.5) is 0 Å². The summed E-state index contributed by atoms with van der Waals surface area (Å²) in [5.41, 5.74) is 2.28. The second kappa shape index (κ2) is 7.45. The summed E-state index contributed by atoms with van der Waals surface area (Å²) in [7, 11) is 1.33. The first kappa shape index (κ1) is 18.4. The lowest BCUT2D eigenvalue weighted by Crippen LogP contribution is -2.49. The van der Waals surface area contributed by atoms with Gasteiger partial charge in [-0.1, -0.05) is 18.2 Å². The molecule has 1 heterocycles. The molecule has 26 heavy (non-hydrogen) atoms. The number of hydrogen-bond acceptors (Lipinski definition) is 5. The first-order valence-corrected chi connectivity index (χ1v) is 9.05. The van der Waals surface area contributed by atoms with Crippen molar-refractivity contribution in [1.82, 2.24) is 10.2 Å². The van der Waals surface area contributed by atoms with E-state index in [2.05, 4.69) is 5.32 Å². The molecule has 0 spiro atoms. The number of nitrogens with zero attached hydrogens (tertiary/aromatic N) is 1. The summed E-state index contributed by atoms with van der Waals surface area (Å²) >= 11 is 5.55. The molecule has 0 amide bonds. The molecule has 1 atom stereocenters. The van der Waals surface area contributed by atoms with Crippen molar-refractivity contribution in [2.45, 2.75) is 38.8 Å². The molecule has 3 rings (SSSR count). The van der Waals surface area contributed by atoms with Crippen molar-refractivity contribution in [2.75, 3.05) is 13.7 Å². The molecule has 7 heteroatoms. The van der Waals surface area contributed by atoms with Gasteiger partial charge in [0.2, 0.25) is 0 Å². The number of allylic oxidation sites excluding steroid dienone is 1. The molecule has 1 aromatic carbocycles. The SMILES string of the molecule is CCOC(=O)C1=C(C)N(C2CC2)C(=S)NC1c1ccccc1C(=O)OC. The van der Waals surface area contributed by atoms with E-state index in [1.54, 1.807) is 25.1 Å². The molecule has 0 aromatic heterocycles. The first-order chi connectivity index (χ1) is 12.5. The van der Waals surface area contributed by atoms with E-state index in [-0.39, 0.29) is 6.61 Å². The highest BCUT2D eigenvalue weighted by molar-refractivity contribution is 7.80. The molecule has 2 aliphatic rings. The number of esters is 2. The van der Waals surface area contributed by atoms with Crippen molar-refractivity contribution in [3.8, 4) is 0 Å². The predicted octanol–water partition coefficient (Wildman–Crippen LogP) is 2.70. The van der Waals surface area contributed by atoms with Gasteiger partial charge < -0.3 is 19.7 Å². The van der Waals surface area contributed by atoms with Gasteiger partial charge in [-0.15, -0.1) is 0 Å². The number of carbonyl (C=O) groups is 2. The van der Waals surface area contributed by atoms with Gasteiger partial charge in [0.1, 0.15) is 0 Å². The summed E-state index contributed by atoms with van der Waals surface area (Å²) in [6, 6.07) is 6.80. The van der Waals surface area contributed by atoms with Gasteiger partial charge in [-0.05, 0) is 50.5 Å². The number of rotatable bonds is 5. The highest BCUT2D eigenvalue weighted by Gasteiger charge is 2.41. The first-order valence-electron chi connectivity index (χ1n) is 8.64. The van der Waals surface area contributed by atoms with Gasteiger partial charge in [0, 0.05) is 11.7 Å². The quantitative estimate of drug-likeness (QED) is 0.628. The number of hydrogen-bond donors (Lipinski definition) is 1. The van der Waals surface area contributed by atoms with E-state index in [0.29, 0.717) is 27.9 Å². The Hall–Kier alpha value is -2.41. The Balaban J connectivity index is 2.12. The highest BCUT2D eigenvalue weighted by atomic mass is 32.1. The third-order valence-electron chi connectivity index (χ3n) is 4.61. The fourth-order valence-electron chi connectivity index (χ4n) is 3.28. The van der Waals surface area contributed by atoms with E-state index in [1.165, 1.54) is 7.11 Å². The van der Waals surface area contributed by atoms with Gasteiger partial charge in [-0.2, -0.15) is 0 Å². The van der Waals surface area contributed by atoms with Crippen LogP contribution in [0.15, 0.2) is 35.5 Å². The Morgan fingerprint density at radius 3 is 2.58 bits per heavy atom. The molecule has 1 saturated carbocycles. The van der Waals surface area contributed by atoms with E-state index in [1.807, 2.05) is 17.9 Å². The average Bonchev–Trinajstić information content (AvgIpc) is 3.45. The van der Waals surface area contributed by atoms with Crippen LogP contribution in [0.5, 0.6) is 0 Å². The van der Waals surface area contributed by atoms with E-state index in [0.717, 1.165) is 18.5 Å². The minimum atomic E-state index is -0.563. The third-order valence-corrected chi connectivity index (χ3v) is 4.93. The summed E-state index contributed by atoms with van der Waals surface area (Å²) in [5, 5.41) is 3.79. The lowest BCUT2D eigenvalue weighted by atomic mass is 9.91. The smallest absolute Gasteiger partial charge is 0.338 e. The second-order valence-electron chi connectivity index (χ2n) is 6.28. The van der Waals surface area contributed by atoms with Crippen molar-refractivity contribution in [3.63, 3.8) is 0 Å². The topological polar surface area (TPSA) is 67.9 Å². The Morgan fingerprint density at radius 2 is 1.96 bits per heavy atom. The van der Waals surface area contributed by atoms with E-state index in [4.69, 9.17) is 21.7 Å². The molecule has 6 nitrogen and oxygen atoms in total. The molecule has 1 fully saturated rings. The van der Waals surface area contributed by atoms with Crippen LogP contribution in [0.25, 0.3) is 0 Å². The number of thiocarbonyl (C=S) groups is 1. The van der Waals surface area contributed by atoms with E-state index in [9.17, 15) is 9.59 Å². The fraction of sp³-hybridized carbons (Fsp3) is 0.421. The van der Waals surface area contributed by atoms with Crippen molar-refractivity contribution in [3.05, 3.63) is 46.7 Å². The van der Waals surface area contributed by atoms with Crippen molar-refractivity contribution in [2.24, 2.45) is 0 Å². The Labute approximate surface area is 158 Å². The summed E-state index contributed by atoms with van der Waals surface area (Å²) in [6.45, 7) is 3.92. The molecule has 138 valence electrons. The summed E-state index contributed by atoms with van der Waals surface area (Å²) in [5.74, 6) is -0.867. The van der Waals surface area contributed by atoms with Gasteiger partial charge in [0.15, 0.2) is 5.11 Å². The summed E-state index contributed by atoms with van der Waals surface area (Å²) < 4.78 is 10.2. The van der Waals surface area contributed by atoms with Crippen molar-refractivity contribution in [1.29, 1.82) is 0 Å². The van der Waals surface area contributed by atoms with Crippen LogP contribution in [-0.4, -0.2) is 41.7 Å². The van der Waals surface area contributed by atoms with Crippen molar-refractivity contribution >= 4 is 29.3 Å². The van der Waals surface area contributed by atoms with Gasteiger partial charge in [-0.3, -0.25) is 0 Å². The lowest BCUT2D eigenvalue weighted by molar-refractivity contribution is -0.139. The minimum absolute atomic E-state index is 0.273. The van der Waals surface area contributed by atoms with Crippen LogP contribution in [0, 0.1) is 0 Å². The molecule has 1 aliphatic carbocycles. The van der Waals surface area contributed by atoms with Crippen LogP contribution in [-0.2, 0) is 14.3 Å². The van der Waals surface area contributed by atoms with Crippen LogP contribution < -0.4 is 5.32 Å². The van der Waals surface area contributed by atoms with E-state index >= 15 is 0 Å². The maximum atomic E-state index is 12.7. The van der Waals surface area contributed by atoms with Crippen LogP contribution >= 0.6 is 12.2 Å². The van der Waals surface area contributed by atoms with Gasteiger partial charge >= 0.3 is 11.9 Å². The van der Waals surface area contributed by atoms with Gasteiger partial charge in [-0.25, -0.2) is 9.59 Å². The third kappa shape index (κ3) is 3.31. The lowest BCUT2D eigenvalue weighted by Gasteiger charge is -2.38. The molecule has 1 aromatic rings. The molecular formula is C19H22N2O4S. The van der Waals surface area contributed by atoms with Gasteiger partial charge in [0.25, 0.3) is 0 Å². The molecule has 1 aliphatic heterocycles. The Bertz CT molecular complexity index is 785. The monoisotopic (exact) mass is 374 g/mol. The highest BCUT2D eigenvalue weighted by Crippen LogP contribution is 2.38. The maximum absolute atomic E-state index is 12.7. The standard InChI is InChI=1S/C19H22N2O4S/c1-4-25-18(23)15-11(2)21(12-9-10-12)19(26)20-16(15)13-7-5-6-8-14(13)17(22)24-3/h5-8,12,16H,4,9-10H2,1-3H3,(H,20,26). The maximum Gasteiger partial charge on any atom is 0.338 e. The van der Waals surface area contributed by atoms with Crippen molar-refractivity contribution < 1.29 is 19.1 Å². The number of nitrogens with one attached hydrogen (secondary N) is 1. The Morgan fingerprint density at radius 1 is 1.27 bits per heavy atom. The zero-order valence-electron chi connectivity index (χ0n) is 15.1. The predicted molar refractivity (Wildman–Crippen MR) is 100 cm³/mol. The number of carbonyl (C=O) groups excluding carboxylic acids is 2. The fourth-order valence-corrected chi connectivity index (χ4v) is 3.68. The number of benzene rings is 1. The van der Waals surface area contributed by atoms with Crippen LogP contribution in [0.2, 0.25) is 0 Å². The molecule has 0 bridgehead atoms. The molecule has 1 unspecified atom stereocenters. The minimum Gasteiger partial charge on any atom is -0.465 e. The largest absolute Gasteiger partial charge is 0.465 e. The zero-order chi connectivity index (χ0) is 18.8. The second-order valence-corrected chi connectivity index (χ2v) is 6.67. The molecule has 0 radical (unpaired) electrons. The van der Waals surface area contributed by atoms with Crippen LogP contribution in [0.3, 0.4) is 0 Å². The normalized spacial score (nSPS) is 19.9. The van der Waals surface area contributed by atoms with Gasteiger partial charge in [0.05, 0.1) is 30.9 Å². The van der Waals surface area contributed by atoms with Crippen LogP contribution in [0.1, 0.15) is 48.7 Å². The number of ether oxygens (including phenoxy) is 2. The average molecular weight is 374 g/mol. The zero-order valence-corrected chi connectivity index (χ0v) is 15.9. The molecule has 0 saturated heterocycles. The number of methoxy groups -OCH3 is 1. The molecular weight excluding hydrogens is 352 g/mol. The summed E-state index contributed by atoms with van der Waals surface area (Å²) in [4.78, 5) is 26.9. The van der Waals surface area contributed by atoms with E-state index < -0.39 is 18.0 Å². The Kier molecular flexibility index (Phi) is 5.27. The summed E-state index contributed by atoms with van der Waals surface area (Å²) in [6.07, 6.45) is 2.08. The molecule has 1 N–H and O–H groups in total.